The Kier molecular flexibility index (Phi) is 2.57. The normalized spacial score (nSPS) is 14.3. The number of rotatable bonds is 2. The van der Waals surface area contributed by atoms with Gasteiger partial charge in [-0.05, 0) is 12.1 Å². The van der Waals surface area contributed by atoms with Crippen molar-refractivity contribution in [1.29, 1.82) is 0 Å². The smallest absolute Gasteiger partial charge is 0.258 e. The molecule has 0 bridgehead atoms. The van der Waals surface area contributed by atoms with Crippen molar-refractivity contribution in [1.82, 2.24) is 0 Å². The third-order valence-corrected chi connectivity index (χ3v) is 5.05. The predicted molar refractivity (Wildman–Crippen MR) is 70.6 cm³/mol. The maximum absolute atomic E-state index is 12.4. The summed E-state index contributed by atoms with van der Waals surface area (Å²) < 4.78 is 24.8. The zero-order chi connectivity index (χ0) is 15.4. The van der Waals surface area contributed by atoms with E-state index in [2.05, 4.69) is 0 Å². The number of fused-ring (bicyclic) bond motifs is 3. The molecule has 8 nitrogen and oxygen atoms in total. The molecule has 0 radical (unpaired) electrons. The highest BCUT2D eigenvalue weighted by atomic mass is 32.2. The van der Waals surface area contributed by atoms with E-state index in [1.807, 2.05) is 0 Å². The Labute approximate surface area is 117 Å². The van der Waals surface area contributed by atoms with Gasteiger partial charge in [0.15, 0.2) is 0 Å². The average molecular weight is 306 g/mol. The summed E-state index contributed by atoms with van der Waals surface area (Å²) in [5.74, 6) is 0. The van der Waals surface area contributed by atoms with Crippen LogP contribution in [0.15, 0.2) is 46.2 Å². The summed E-state index contributed by atoms with van der Waals surface area (Å²) in [6.45, 7) is 0. The molecule has 3 rings (SSSR count). The van der Waals surface area contributed by atoms with Crippen molar-refractivity contribution in [3.63, 3.8) is 0 Å². The van der Waals surface area contributed by atoms with Gasteiger partial charge in [-0.2, -0.15) is 0 Å². The number of nitro groups is 2. The molecule has 1 aliphatic heterocycles. The summed E-state index contributed by atoms with van der Waals surface area (Å²) in [7, 11) is -3.99. The first-order valence-corrected chi connectivity index (χ1v) is 7.13. The molecule has 1 heterocycles. The topological polar surface area (TPSA) is 120 Å². The minimum Gasteiger partial charge on any atom is -0.258 e. The van der Waals surface area contributed by atoms with Gasteiger partial charge >= 0.3 is 0 Å². The molecule has 0 spiro atoms. The Bertz CT molecular complexity index is 850. The fraction of sp³-hybridized carbons (Fsp3) is 0. The van der Waals surface area contributed by atoms with Crippen LogP contribution in [0.5, 0.6) is 0 Å². The van der Waals surface area contributed by atoms with E-state index < -0.39 is 19.7 Å². The van der Waals surface area contributed by atoms with Crippen molar-refractivity contribution >= 4 is 21.2 Å². The number of nitrogens with zero attached hydrogens (tertiary/aromatic N) is 2. The second kappa shape index (κ2) is 4.09. The summed E-state index contributed by atoms with van der Waals surface area (Å²) in [6, 6.07) is 7.01. The van der Waals surface area contributed by atoms with E-state index in [9.17, 15) is 28.6 Å². The van der Waals surface area contributed by atoms with Crippen LogP contribution in [0, 0.1) is 20.2 Å². The average Bonchev–Trinajstić information content (AvgIpc) is 2.67. The monoisotopic (exact) mass is 306 g/mol. The van der Waals surface area contributed by atoms with Crippen molar-refractivity contribution in [3.05, 3.63) is 56.6 Å². The fourth-order valence-electron chi connectivity index (χ4n) is 2.26. The lowest BCUT2D eigenvalue weighted by Crippen LogP contribution is -1.99. The van der Waals surface area contributed by atoms with Crippen LogP contribution in [0.25, 0.3) is 11.1 Å². The first-order chi connectivity index (χ1) is 9.82. The zero-order valence-electron chi connectivity index (χ0n) is 10.2. The molecule has 2 aromatic rings. The van der Waals surface area contributed by atoms with Crippen molar-refractivity contribution in [2.45, 2.75) is 9.79 Å². The van der Waals surface area contributed by atoms with Crippen LogP contribution in [-0.2, 0) is 9.84 Å². The van der Waals surface area contributed by atoms with Crippen LogP contribution in [0.1, 0.15) is 0 Å². The van der Waals surface area contributed by atoms with Crippen LogP contribution in [0.4, 0.5) is 11.4 Å². The van der Waals surface area contributed by atoms with E-state index in [0.717, 1.165) is 12.1 Å². The van der Waals surface area contributed by atoms with Gasteiger partial charge in [-0.25, -0.2) is 8.42 Å². The molecule has 0 saturated carbocycles. The summed E-state index contributed by atoms with van der Waals surface area (Å²) in [4.78, 5) is 19.7. The van der Waals surface area contributed by atoms with Crippen LogP contribution < -0.4 is 0 Å². The molecule has 9 heteroatoms. The van der Waals surface area contributed by atoms with Crippen LogP contribution in [0.3, 0.4) is 0 Å². The first-order valence-electron chi connectivity index (χ1n) is 5.65. The molecule has 106 valence electrons. The third-order valence-electron chi connectivity index (χ3n) is 3.22. The Hall–Kier alpha value is -2.81. The summed E-state index contributed by atoms with van der Waals surface area (Å²) in [6.07, 6.45) is 0. The van der Waals surface area contributed by atoms with E-state index in [1.54, 1.807) is 0 Å². The molecule has 0 fully saturated rings. The highest BCUT2D eigenvalue weighted by Crippen LogP contribution is 2.45. The van der Waals surface area contributed by atoms with E-state index in [-0.39, 0.29) is 21.2 Å². The SMILES string of the molecule is O=[N+]([O-])c1ccc2c(c1)S(=O)(=O)c1cc([N+](=O)[O-])ccc1-2. The van der Waals surface area contributed by atoms with Gasteiger partial charge in [0.25, 0.3) is 11.4 Å². The third kappa shape index (κ3) is 1.78. The predicted octanol–water partition coefficient (Wildman–Crippen LogP) is 2.32. The number of sulfone groups is 1. The van der Waals surface area contributed by atoms with Crippen molar-refractivity contribution in [3.8, 4) is 11.1 Å². The molecule has 0 N–H and O–H groups in total. The Morgan fingerprint density at radius 3 is 1.48 bits per heavy atom. The quantitative estimate of drug-likeness (QED) is 0.529. The number of nitro benzene ring substituents is 2. The van der Waals surface area contributed by atoms with Crippen LogP contribution in [0.2, 0.25) is 0 Å². The second-order valence-electron chi connectivity index (χ2n) is 4.38. The van der Waals surface area contributed by atoms with Gasteiger partial charge in [0.1, 0.15) is 0 Å². The van der Waals surface area contributed by atoms with Gasteiger partial charge in [-0.15, -0.1) is 0 Å². The van der Waals surface area contributed by atoms with Gasteiger partial charge in [0.05, 0.1) is 19.6 Å². The van der Waals surface area contributed by atoms with E-state index in [4.69, 9.17) is 0 Å². The van der Waals surface area contributed by atoms with Gasteiger partial charge < -0.3 is 0 Å². The Balaban J connectivity index is 2.32. The molecule has 21 heavy (non-hydrogen) atoms. The van der Waals surface area contributed by atoms with E-state index >= 15 is 0 Å². The number of hydrogen-bond acceptors (Lipinski definition) is 6. The van der Waals surface area contributed by atoms with Gasteiger partial charge in [0.2, 0.25) is 9.84 Å². The molecule has 0 saturated heterocycles. The molecule has 1 aliphatic rings. The number of benzene rings is 2. The lowest BCUT2D eigenvalue weighted by molar-refractivity contribution is -0.385. The van der Waals surface area contributed by atoms with Gasteiger partial charge in [-0.3, -0.25) is 20.2 Å². The molecule has 2 aromatic carbocycles. The molecular formula is C12H6N2O6S. The van der Waals surface area contributed by atoms with E-state index in [0.29, 0.717) is 11.1 Å². The minimum absolute atomic E-state index is 0.202. The maximum Gasteiger partial charge on any atom is 0.270 e. The lowest BCUT2D eigenvalue weighted by Gasteiger charge is -1.98. The summed E-state index contributed by atoms with van der Waals surface area (Å²) >= 11 is 0. The highest BCUT2D eigenvalue weighted by molar-refractivity contribution is 7.92. The van der Waals surface area contributed by atoms with Gasteiger partial charge in [0, 0.05) is 35.4 Å². The lowest BCUT2D eigenvalue weighted by atomic mass is 10.1. The van der Waals surface area contributed by atoms with E-state index in [1.165, 1.54) is 24.3 Å². The van der Waals surface area contributed by atoms with Crippen LogP contribution in [-0.4, -0.2) is 18.3 Å². The highest BCUT2D eigenvalue weighted by Gasteiger charge is 2.35. The summed E-state index contributed by atoms with van der Waals surface area (Å²) in [5.41, 5.74) is -0.0738. The van der Waals surface area contributed by atoms with Crippen molar-refractivity contribution in [2.24, 2.45) is 0 Å². The number of non-ortho nitro benzene ring substituents is 2. The Morgan fingerprint density at radius 2 is 1.14 bits per heavy atom. The second-order valence-corrected chi connectivity index (χ2v) is 6.27. The van der Waals surface area contributed by atoms with Crippen molar-refractivity contribution < 1.29 is 18.3 Å². The van der Waals surface area contributed by atoms with Crippen LogP contribution >= 0.6 is 0 Å². The molecule has 0 unspecified atom stereocenters. The number of hydrogen-bond donors (Lipinski definition) is 0. The molecule has 0 amide bonds. The summed E-state index contributed by atoms with van der Waals surface area (Å²) in [5, 5.41) is 21.5. The molecule has 0 aliphatic carbocycles. The molecule has 0 atom stereocenters. The standard InChI is InChI=1S/C12H6N2O6S/c15-13(16)7-1-3-9-10-4-2-8(14(17)18)6-12(10)21(19,20)11(9)5-7/h1-6H. The molecule has 0 aromatic heterocycles. The maximum atomic E-state index is 12.4. The fourth-order valence-corrected chi connectivity index (χ4v) is 3.98. The molecular weight excluding hydrogens is 300 g/mol. The largest absolute Gasteiger partial charge is 0.270 e. The minimum atomic E-state index is -3.99. The Morgan fingerprint density at radius 1 is 0.762 bits per heavy atom. The van der Waals surface area contributed by atoms with Crippen molar-refractivity contribution in [2.75, 3.05) is 0 Å². The van der Waals surface area contributed by atoms with Gasteiger partial charge in [-0.1, -0.05) is 0 Å². The first kappa shape index (κ1) is 13.2. The zero-order valence-corrected chi connectivity index (χ0v) is 11.0.